The van der Waals surface area contributed by atoms with Crippen LogP contribution in [0.5, 0.6) is 5.75 Å². The maximum absolute atomic E-state index is 10.5. The van der Waals surface area contributed by atoms with Gasteiger partial charge in [-0.25, -0.2) is 0 Å². The molecular weight excluding hydrogens is 328 g/mol. The Hall–Kier alpha value is -0.580. The Kier molecular flexibility index (Phi) is 5.19. The van der Waals surface area contributed by atoms with Crippen LogP contribution in [0.4, 0.5) is 0 Å². The van der Waals surface area contributed by atoms with Crippen LogP contribution in [0.3, 0.4) is 0 Å². The number of halogens is 1. The smallest absolute Gasteiger partial charge is 0.134 e. The topological polar surface area (TPSA) is 35.5 Å². The Morgan fingerprint density at radius 1 is 1.14 bits per heavy atom. The van der Waals surface area contributed by atoms with Crippen molar-refractivity contribution in [1.29, 1.82) is 0 Å². The third kappa shape index (κ3) is 3.43. The molecule has 2 N–H and O–H groups in total. The maximum atomic E-state index is 10.5. The van der Waals surface area contributed by atoms with Gasteiger partial charge in [0.25, 0.3) is 0 Å². The monoisotopic (exact) mass is 352 g/mol. The lowest BCUT2D eigenvalue weighted by Crippen LogP contribution is -2.47. The Balaban J connectivity index is 1.91. The predicted octanol–water partition coefficient (Wildman–Crippen LogP) is 3.68. The number of nitrogens with one attached hydrogen (secondary N) is 1. The molecule has 116 valence electrons. The van der Waals surface area contributed by atoms with Crippen molar-refractivity contribution >= 4 is 15.9 Å². The summed E-state index contributed by atoms with van der Waals surface area (Å²) in [6.45, 7) is 4.26. The van der Waals surface area contributed by atoms with Gasteiger partial charge < -0.3 is 10.4 Å². The van der Waals surface area contributed by atoms with Gasteiger partial charge in [-0.2, -0.15) is 0 Å². The number of hydrogen-bond acceptors (Lipinski definition) is 3. The number of aromatic hydroxyl groups is 1. The van der Waals surface area contributed by atoms with Gasteiger partial charge in [0, 0.05) is 37.8 Å². The second kappa shape index (κ2) is 7.12. The van der Waals surface area contributed by atoms with Crippen LogP contribution >= 0.6 is 15.9 Å². The number of phenols is 1. The molecule has 2 aliphatic rings. The molecule has 1 saturated carbocycles. The molecule has 0 amide bonds. The van der Waals surface area contributed by atoms with Crippen molar-refractivity contribution in [2.24, 2.45) is 5.92 Å². The minimum atomic E-state index is 0.366. The van der Waals surface area contributed by atoms with Crippen LogP contribution in [0, 0.1) is 5.92 Å². The van der Waals surface area contributed by atoms with E-state index in [1.807, 2.05) is 6.07 Å². The largest absolute Gasteiger partial charge is 0.506 e. The Bertz CT molecular complexity index is 450. The Morgan fingerprint density at radius 3 is 2.57 bits per heavy atom. The van der Waals surface area contributed by atoms with Gasteiger partial charge in [-0.3, -0.25) is 4.90 Å². The summed E-state index contributed by atoms with van der Waals surface area (Å²) >= 11 is 3.48. The molecule has 2 fully saturated rings. The number of phenolic OH excluding ortho intramolecular Hbond substituents is 1. The molecule has 1 aliphatic heterocycles. The Labute approximate surface area is 135 Å². The van der Waals surface area contributed by atoms with Crippen LogP contribution in [0.15, 0.2) is 22.7 Å². The number of para-hydroxylation sites is 1. The van der Waals surface area contributed by atoms with Crippen LogP contribution in [0.2, 0.25) is 0 Å². The minimum Gasteiger partial charge on any atom is -0.506 e. The summed E-state index contributed by atoms with van der Waals surface area (Å²) in [6, 6.07) is 6.46. The molecule has 4 heteroatoms. The van der Waals surface area contributed by atoms with Crippen molar-refractivity contribution in [3.63, 3.8) is 0 Å². The molecule has 1 saturated heterocycles. The van der Waals surface area contributed by atoms with E-state index in [4.69, 9.17) is 0 Å². The van der Waals surface area contributed by atoms with E-state index in [1.165, 1.54) is 32.1 Å². The molecule has 3 rings (SSSR count). The zero-order valence-corrected chi connectivity index (χ0v) is 14.1. The third-order valence-corrected chi connectivity index (χ3v) is 5.62. The number of piperazine rings is 1. The van der Waals surface area contributed by atoms with Crippen molar-refractivity contribution in [2.75, 3.05) is 26.2 Å². The van der Waals surface area contributed by atoms with E-state index >= 15 is 0 Å². The predicted molar refractivity (Wildman–Crippen MR) is 89.6 cm³/mol. The van der Waals surface area contributed by atoms with Crippen LogP contribution in [-0.2, 0) is 0 Å². The van der Waals surface area contributed by atoms with Gasteiger partial charge in [-0.05, 0) is 40.8 Å². The number of nitrogens with zero attached hydrogens (tertiary/aromatic N) is 1. The highest BCUT2D eigenvalue weighted by atomic mass is 79.9. The molecular formula is C17H25BrN2O. The molecule has 1 aromatic rings. The van der Waals surface area contributed by atoms with E-state index in [-0.39, 0.29) is 0 Å². The summed E-state index contributed by atoms with van der Waals surface area (Å²) in [4.78, 5) is 2.58. The van der Waals surface area contributed by atoms with Crippen LogP contribution in [-0.4, -0.2) is 36.2 Å². The highest BCUT2D eigenvalue weighted by Crippen LogP contribution is 2.43. The van der Waals surface area contributed by atoms with Crippen molar-refractivity contribution < 1.29 is 5.11 Å². The van der Waals surface area contributed by atoms with E-state index in [0.29, 0.717) is 17.7 Å². The SMILES string of the molecule is Oc1c(Br)cccc1[C@@H](C1CCCCC1)N1CCNCC1. The average molecular weight is 353 g/mol. The first kappa shape index (κ1) is 15.3. The van der Waals surface area contributed by atoms with Gasteiger partial charge in [0.05, 0.1) is 4.47 Å². The molecule has 0 unspecified atom stereocenters. The summed E-state index contributed by atoms with van der Waals surface area (Å²) in [6.07, 6.45) is 6.63. The van der Waals surface area contributed by atoms with Crippen molar-refractivity contribution in [2.45, 2.75) is 38.1 Å². The minimum absolute atomic E-state index is 0.366. The summed E-state index contributed by atoms with van der Waals surface area (Å²) in [7, 11) is 0. The van der Waals surface area contributed by atoms with E-state index in [1.54, 1.807) is 0 Å². The van der Waals surface area contributed by atoms with E-state index in [9.17, 15) is 5.11 Å². The van der Waals surface area contributed by atoms with E-state index < -0.39 is 0 Å². The summed E-state index contributed by atoms with van der Waals surface area (Å²) in [5, 5.41) is 14.0. The first-order chi connectivity index (χ1) is 10.3. The fourth-order valence-electron chi connectivity index (χ4n) is 3.93. The first-order valence-electron chi connectivity index (χ1n) is 8.19. The fraction of sp³-hybridized carbons (Fsp3) is 0.647. The first-order valence-corrected chi connectivity index (χ1v) is 8.99. The fourth-order valence-corrected chi connectivity index (χ4v) is 4.31. The van der Waals surface area contributed by atoms with Gasteiger partial charge in [0.1, 0.15) is 5.75 Å². The molecule has 1 heterocycles. The third-order valence-electron chi connectivity index (χ3n) is 4.98. The van der Waals surface area contributed by atoms with Crippen LogP contribution in [0.25, 0.3) is 0 Å². The molecule has 0 bridgehead atoms. The number of benzene rings is 1. The van der Waals surface area contributed by atoms with E-state index in [2.05, 4.69) is 38.3 Å². The number of rotatable bonds is 3. The summed E-state index contributed by atoms with van der Waals surface area (Å²) in [5.74, 6) is 1.11. The van der Waals surface area contributed by atoms with Crippen molar-refractivity contribution in [3.8, 4) is 5.75 Å². The van der Waals surface area contributed by atoms with Gasteiger partial charge in [0.15, 0.2) is 0 Å². The lowest BCUT2D eigenvalue weighted by molar-refractivity contribution is 0.101. The molecule has 3 nitrogen and oxygen atoms in total. The second-order valence-corrected chi connectivity index (χ2v) is 7.16. The van der Waals surface area contributed by atoms with Crippen LogP contribution < -0.4 is 5.32 Å². The van der Waals surface area contributed by atoms with Gasteiger partial charge in [-0.15, -0.1) is 0 Å². The highest BCUT2D eigenvalue weighted by Gasteiger charge is 2.32. The van der Waals surface area contributed by atoms with Crippen molar-refractivity contribution in [1.82, 2.24) is 10.2 Å². The summed E-state index contributed by atoms with van der Waals surface area (Å²) in [5.41, 5.74) is 1.11. The lowest BCUT2D eigenvalue weighted by atomic mass is 9.80. The highest BCUT2D eigenvalue weighted by molar-refractivity contribution is 9.10. The van der Waals surface area contributed by atoms with Crippen molar-refractivity contribution in [3.05, 3.63) is 28.2 Å². The molecule has 1 atom stereocenters. The molecule has 1 aromatic carbocycles. The molecule has 21 heavy (non-hydrogen) atoms. The summed E-state index contributed by atoms with van der Waals surface area (Å²) < 4.78 is 0.816. The quantitative estimate of drug-likeness (QED) is 0.870. The molecule has 1 aliphatic carbocycles. The maximum Gasteiger partial charge on any atom is 0.134 e. The normalized spacial score (nSPS) is 23.1. The zero-order chi connectivity index (χ0) is 14.7. The Morgan fingerprint density at radius 2 is 1.86 bits per heavy atom. The zero-order valence-electron chi connectivity index (χ0n) is 12.5. The van der Waals surface area contributed by atoms with Crippen LogP contribution in [0.1, 0.15) is 43.7 Å². The standard InChI is InChI=1S/C17H25BrN2O/c18-15-8-4-7-14(17(15)21)16(13-5-2-1-3-6-13)20-11-9-19-10-12-20/h4,7-8,13,16,19,21H,1-3,5-6,9-12H2/t16-/m1/s1. The second-order valence-electron chi connectivity index (χ2n) is 6.31. The van der Waals surface area contributed by atoms with Gasteiger partial charge in [-0.1, -0.05) is 31.4 Å². The molecule has 0 spiro atoms. The molecule has 0 aromatic heterocycles. The van der Waals surface area contributed by atoms with Gasteiger partial charge in [0.2, 0.25) is 0 Å². The van der Waals surface area contributed by atoms with Gasteiger partial charge >= 0.3 is 0 Å². The number of hydrogen-bond donors (Lipinski definition) is 2. The lowest BCUT2D eigenvalue weighted by Gasteiger charge is -2.41. The van der Waals surface area contributed by atoms with E-state index in [0.717, 1.165) is 36.2 Å². The average Bonchev–Trinajstić information content (AvgIpc) is 2.54. The molecule has 0 radical (unpaired) electrons.